The summed E-state index contributed by atoms with van der Waals surface area (Å²) in [7, 11) is -3.42. The second-order valence-electron chi connectivity index (χ2n) is 3.91. The monoisotopic (exact) mass is 190 g/mol. The molecule has 2 unspecified atom stereocenters. The topological polar surface area (TPSA) is 63.4 Å². The van der Waals surface area contributed by atoms with E-state index in [1.165, 1.54) is 23.6 Å². The van der Waals surface area contributed by atoms with E-state index in [4.69, 9.17) is 5.14 Å². The summed E-state index contributed by atoms with van der Waals surface area (Å²) in [4.78, 5) is 0. The summed E-state index contributed by atoms with van der Waals surface area (Å²) in [6.45, 7) is 1.30. The average Bonchev–Trinajstić information content (AvgIpc) is 2.28. The normalized spacial score (nSPS) is 37.1. The molecule has 4 nitrogen and oxygen atoms in total. The number of nitrogens with zero attached hydrogens (tertiary/aromatic N) is 1. The quantitative estimate of drug-likeness (QED) is 0.628. The first kappa shape index (κ1) is 8.47. The number of hydrogen-bond donors (Lipinski definition) is 1. The van der Waals surface area contributed by atoms with Crippen LogP contribution in [-0.2, 0) is 10.2 Å². The Labute approximate surface area is 72.9 Å². The summed E-state index contributed by atoms with van der Waals surface area (Å²) in [5.41, 5.74) is 0. The molecule has 1 saturated carbocycles. The van der Waals surface area contributed by atoms with Crippen molar-refractivity contribution in [3.63, 3.8) is 0 Å². The van der Waals surface area contributed by atoms with E-state index in [9.17, 15) is 8.42 Å². The van der Waals surface area contributed by atoms with Gasteiger partial charge in [-0.15, -0.1) is 0 Å². The van der Waals surface area contributed by atoms with Gasteiger partial charge in [-0.1, -0.05) is 0 Å². The van der Waals surface area contributed by atoms with Crippen molar-refractivity contribution in [3.05, 3.63) is 0 Å². The minimum absolute atomic E-state index is 0.571. The zero-order chi connectivity index (χ0) is 8.77. The highest BCUT2D eigenvalue weighted by molar-refractivity contribution is 7.86. The van der Waals surface area contributed by atoms with Crippen molar-refractivity contribution in [1.82, 2.24) is 4.31 Å². The first-order chi connectivity index (χ1) is 5.55. The molecule has 0 spiro atoms. The average molecular weight is 190 g/mol. The van der Waals surface area contributed by atoms with Gasteiger partial charge in [0.1, 0.15) is 0 Å². The summed E-state index contributed by atoms with van der Waals surface area (Å²) in [6, 6.07) is 0. The van der Waals surface area contributed by atoms with Crippen LogP contribution in [0.1, 0.15) is 19.3 Å². The van der Waals surface area contributed by atoms with E-state index in [2.05, 4.69) is 0 Å². The third-order valence-electron chi connectivity index (χ3n) is 2.93. The second-order valence-corrected chi connectivity index (χ2v) is 5.45. The van der Waals surface area contributed by atoms with Crippen LogP contribution in [0.2, 0.25) is 0 Å². The molecule has 0 aromatic rings. The standard InChI is InChI=1S/C7H14N2O2S/c8-12(10,11)9-4-6-1-2-7(3-6)5-9/h6-7H,1-5H2,(H2,8,10,11). The van der Waals surface area contributed by atoms with Gasteiger partial charge >= 0.3 is 0 Å². The van der Waals surface area contributed by atoms with Gasteiger partial charge in [0.15, 0.2) is 0 Å². The Kier molecular flexibility index (Phi) is 1.89. The first-order valence-electron chi connectivity index (χ1n) is 4.33. The van der Waals surface area contributed by atoms with Gasteiger partial charge in [0, 0.05) is 13.1 Å². The molecule has 2 rings (SSSR count). The van der Waals surface area contributed by atoms with Crippen LogP contribution in [0, 0.1) is 11.8 Å². The zero-order valence-corrected chi connectivity index (χ0v) is 7.76. The minimum atomic E-state index is -3.42. The predicted molar refractivity (Wildman–Crippen MR) is 45.5 cm³/mol. The van der Waals surface area contributed by atoms with Crippen LogP contribution in [0.5, 0.6) is 0 Å². The van der Waals surface area contributed by atoms with Gasteiger partial charge in [-0.05, 0) is 31.1 Å². The Morgan fingerprint density at radius 3 is 2.08 bits per heavy atom. The van der Waals surface area contributed by atoms with E-state index in [0.717, 1.165) is 0 Å². The molecule has 2 bridgehead atoms. The maximum absolute atomic E-state index is 11.0. The Hall–Kier alpha value is -0.130. The molecule has 70 valence electrons. The number of rotatable bonds is 1. The molecule has 0 aromatic heterocycles. The molecule has 2 N–H and O–H groups in total. The van der Waals surface area contributed by atoms with Crippen LogP contribution >= 0.6 is 0 Å². The summed E-state index contributed by atoms with van der Waals surface area (Å²) in [6.07, 6.45) is 3.55. The van der Waals surface area contributed by atoms with E-state index in [1.807, 2.05) is 0 Å². The lowest BCUT2D eigenvalue weighted by Gasteiger charge is -2.28. The van der Waals surface area contributed by atoms with Gasteiger partial charge < -0.3 is 0 Å². The van der Waals surface area contributed by atoms with Crippen molar-refractivity contribution in [2.24, 2.45) is 17.0 Å². The maximum atomic E-state index is 11.0. The molecule has 1 aliphatic carbocycles. The molecule has 2 aliphatic rings. The SMILES string of the molecule is NS(=O)(=O)N1CC2CCC(C2)C1. The van der Waals surface area contributed by atoms with Crippen molar-refractivity contribution in [3.8, 4) is 0 Å². The molecule has 1 saturated heterocycles. The largest absolute Gasteiger partial charge is 0.276 e. The number of piperidine rings is 1. The Bertz CT molecular complexity index is 263. The fourth-order valence-electron chi connectivity index (χ4n) is 2.37. The molecule has 2 atom stereocenters. The zero-order valence-electron chi connectivity index (χ0n) is 6.94. The Morgan fingerprint density at radius 2 is 1.67 bits per heavy atom. The van der Waals surface area contributed by atoms with Crippen molar-refractivity contribution in [2.45, 2.75) is 19.3 Å². The fraction of sp³-hybridized carbons (Fsp3) is 1.00. The molecule has 2 fully saturated rings. The van der Waals surface area contributed by atoms with Crippen LogP contribution in [0.3, 0.4) is 0 Å². The third kappa shape index (κ3) is 1.48. The molecular formula is C7H14N2O2S. The minimum Gasteiger partial charge on any atom is -0.216 e. The summed E-state index contributed by atoms with van der Waals surface area (Å²) in [5.74, 6) is 1.14. The summed E-state index contributed by atoms with van der Waals surface area (Å²) in [5, 5.41) is 5.06. The van der Waals surface area contributed by atoms with Gasteiger partial charge in [0.25, 0.3) is 10.2 Å². The van der Waals surface area contributed by atoms with E-state index in [1.54, 1.807) is 0 Å². The fourth-order valence-corrected chi connectivity index (χ4v) is 3.21. The highest BCUT2D eigenvalue weighted by atomic mass is 32.2. The van der Waals surface area contributed by atoms with Crippen LogP contribution in [0.15, 0.2) is 0 Å². The van der Waals surface area contributed by atoms with Crippen LogP contribution in [-0.4, -0.2) is 25.8 Å². The molecular weight excluding hydrogens is 176 g/mol. The molecule has 12 heavy (non-hydrogen) atoms. The van der Waals surface area contributed by atoms with E-state index < -0.39 is 10.2 Å². The Balaban J connectivity index is 2.13. The van der Waals surface area contributed by atoms with Gasteiger partial charge in [-0.3, -0.25) is 0 Å². The number of hydrogen-bond acceptors (Lipinski definition) is 2. The lowest BCUT2D eigenvalue weighted by molar-refractivity contribution is 0.261. The first-order valence-corrected chi connectivity index (χ1v) is 5.84. The molecule has 0 amide bonds. The van der Waals surface area contributed by atoms with Crippen LogP contribution < -0.4 is 5.14 Å². The second kappa shape index (κ2) is 2.68. The lowest BCUT2D eigenvalue weighted by atomic mass is 10.0. The van der Waals surface area contributed by atoms with Gasteiger partial charge in [0.05, 0.1) is 0 Å². The predicted octanol–water partition coefficient (Wildman–Crippen LogP) is -0.0782. The molecule has 0 aromatic carbocycles. The van der Waals surface area contributed by atoms with Crippen molar-refractivity contribution < 1.29 is 8.42 Å². The van der Waals surface area contributed by atoms with Crippen molar-refractivity contribution in [1.29, 1.82) is 0 Å². The molecule has 5 heteroatoms. The highest BCUT2D eigenvalue weighted by Crippen LogP contribution is 2.36. The third-order valence-corrected chi connectivity index (χ3v) is 3.95. The maximum Gasteiger partial charge on any atom is 0.276 e. The summed E-state index contributed by atoms with van der Waals surface area (Å²) < 4.78 is 23.4. The Morgan fingerprint density at radius 1 is 1.17 bits per heavy atom. The van der Waals surface area contributed by atoms with E-state index in [-0.39, 0.29) is 0 Å². The summed E-state index contributed by atoms with van der Waals surface area (Å²) >= 11 is 0. The van der Waals surface area contributed by atoms with Gasteiger partial charge in [-0.25, -0.2) is 5.14 Å². The van der Waals surface area contributed by atoms with Crippen molar-refractivity contribution >= 4 is 10.2 Å². The molecule has 1 aliphatic heterocycles. The van der Waals surface area contributed by atoms with E-state index in [0.29, 0.717) is 24.9 Å². The van der Waals surface area contributed by atoms with Gasteiger partial charge in [0.2, 0.25) is 0 Å². The van der Waals surface area contributed by atoms with E-state index >= 15 is 0 Å². The van der Waals surface area contributed by atoms with Gasteiger partial charge in [-0.2, -0.15) is 12.7 Å². The van der Waals surface area contributed by atoms with Crippen molar-refractivity contribution in [2.75, 3.05) is 13.1 Å². The lowest BCUT2D eigenvalue weighted by Crippen LogP contribution is -2.44. The molecule has 0 radical (unpaired) electrons. The smallest absolute Gasteiger partial charge is 0.216 e. The van der Waals surface area contributed by atoms with Crippen LogP contribution in [0.25, 0.3) is 0 Å². The number of fused-ring (bicyclic) bond motifs is 2. The molecule has 1 heterocycles. The highest BCUT2D eigenvalue weighted by Gasteiger charge is 2.36. The number of nitrogens with two attached hydrogens (primary N) is 1. The van der Waals surface area contributed by atoms with Crippen LogP contribution in [0.4, 0.5) is 0 Å².